The first-order valence-corrected chi connectivity index (χ1v) is 13.0. The Morgan fingerprint density at radius 1 is 0.919 bits per heavy atom. The number of ether oxygens (including phenoxy) is 1. The summed E-state index contributed by atoms with van der Waals surface area (Å²) < 4.78 is 5.54. The van der Waals surface area contributed by atoms with Crippen LogP contribution < -0.4 is 25.2 Å². The first-order valence-electron chi connectivity index (χ1n) is 12.6. The van der Waals surface area contributed by atoms with Crippen LogP contribution in [0.3, 0.4) is 0 Å². The molecule has 194 valence electrons. The molecule has 2 N–H and O–H groups in total. The van der Waals surface area contributed by atoms with Gasteiger partial charge in [0.25, 0.3) is 5.91 Å². The van der Waals surface area contributed by atoms with Gasteiger partial charge >= 0.3 is 0 Å². The van der Waals surface area contributed by atoms with E-state index in [1.54, 1.807) is 13.2 Å². The summed E-state index contributed by atoms with van der Waals surface area (Å²) in [5, 5.41) is 5.01. The molecule has 8 heteroatoms. The van der Waals surface area contributed by atoms with Crippen molar-refractivity contribution in [2.24, 2.45) is 0 Å². The van der Waals surface area contributed by atoms with Gasteiger partial charge in [-0.05, 0) is 42.3 Å². The summed E-state index contributed by atoms with van der Waals surface area (Å²) in [6, 6.07) is 22.7. The molecular weight excluding hydrogens is 488 g/mol. The lowest BCUT2D eigenvalue weighted by Crippen LogP contribution is -2.47. The van der Waals surface area contributed by atoms with Gasteiger partial charge in [0.2, 0.25) is 5.91 Å². The van der Waals surface area contributed by atoms with E-state index in [1.807, 2.05) is 67.6 Å². The Labute approximate surface area is 223 Å². The average Bonchev–Trinajstić information content (AvgIpc) is 2.96. The third-order valence-electron chi connectivity index (χ3n) is 6.41. The Morgan fingerprint density at radius 3 is 2.24 bits per heavy atom. The van der Waals surface area contributed by atoms with Crippen molar-refractivity contribution < 1.29 is 14.3 Å². The van der Waals surface area contributed by atoms with Crippen LogP contribution in [-0.2, 0) is 4.79 Å². The number of carbonyl (C=O) groups excluding carboxylic acids is 2. The van der Waals surface area contributed by atoms with Gasteiger partial charge < -0.3 is 25.2 Å². The SMILES string of the molecule is CCCNC(=O)c1cc(NC(=O)C(Cl)c2ccccc2)ccc1N1CCN(c2ccccc2OC)CC1. The molecule has 2 amide bonds. The molecule has 1 aliphatic heterocycles. The smallest absolute Gasteiger partial charge is 0.253 e. The lowest BCUT2D eigenvalue weighted by atomic mass is 10.1. The third-order valence-corrected chi connectivity index (χ3v) is 6.86. The highest BCUT2D eigenvalue weighted by Gasteiger charge is 2.24. The van der Waals surface area contributed by atoms with E-state index in [2.05, 4.69) is 26.5 Å². The molecule has 0 spiro atoms. The van der Waals surface area contributed by atoms with Gasteiger partial charge in [0.1, 0.15) is 11.1 Å². The fourth-order valence-corrected chi connectivity index (χ4v) is 4.66. The van der Waals surface area contributed by atoms with E-state index in [9.17, 15) is 9.59 Å². The summed E-state index contributed by atoms with van der Waals surface area (Å²) in [6.07, 6.45) is 0.833. The number of halogens is 1. The van der Waals surface area contributed by atoms with Gasteiger partial charge in [0.15, 0.2) is 0 Å². The van der Waals surface area contributed by atoms with Gasteiger partial charge in [-0.1, -0.05) is 49.4 Å². The summed E-state index contributed by atoms with van der Waals surface area (Å²) in [5.41, 5.74) is 3.69. The van der Waals surface area contributed by atoms with Crippen molar-refractivity contribution in [3.05, 3.63) is 83.9 Å². The molecule has 0 saturated carbocycles. The normalized spacial score (nSPS) is 14.1. The van der Waals surface area contributed by atoms with Gasteiger partial charge in [-0.3, -0.25) is 9.59 Å². The van der Waals surface area contributed by atoms with Gasteiger partial charge in [0.05, 0.1) is 18.4 Å². The number of hydrogen-bond acceptors (Lipinski definition) is 5. The maximum atomic E-state index is 13.1. The number of rotatable bonds is 9. The lowest BCUT2D eigenvalue weighted by Gasteiger charge is -2.38. The van der Waals surface area contributed by atoms with E-state index in [4.69, 9.17) is 16.3 Å². The number of anilines is 3. The quantitative estimate of drug-likeness (QED) is 0.385. The van der Waals surface area contributed by atoms with E-state index < -0.39 is 5.38 Å². The van der Waals surface area contributed by atoms with Gasteiger partial charge in [-0.15, -0.1) is 11.6 Å². The number of carbonyl (C=O) groups is 2. The minimum atomic E-state index is -0.832. The summed E-state index contributed by atoms with van der Waals surface area (Å²) >= 11 is 6.40. The van der Waals surface area contributed by atoms with E-state index in [0.29, 0.717) is 23.4 Å². The van der Waals surface area contributed by atoms with Crippen molar-refractivity contribution in [3.63, 3.8) is 0 Å². The van der Waals surface area contributed by atoms with Crippen LogP contribution in [0.4, 0.5) is 17.1 Å². The molecule has 1 heterocycles. The van der Waals surface area contributed by atoms with Crippen molar-refractivity contribution >= 4 is 40.5 Å². The number of nitrogens with one attached hydrogen (secondary N) is 2. The maximum Gasteiger partial charge on any atom is 0.253 e. The largest absolute Gasteiger partial charge is 0.495 e. The minimum Gasteiger partial charge on any atom is -0.495 e. The first-order chi connectivity index (χ1) is 18.0. The molecule has 1 atom stereocenters. The summed E-state index contributed by atoms with van der Waals surface area (Å²) in [7, 11) is 1.68. The molecule has 1 unspecified atom stereocenters. The first kappa shape index (κ1) is 26.4. The summed E-state index contributed by atoms with van der Waals surface area (Å²) in [4.78, 5) is 30.4. The number of alkyl halides is 1. The van der Waals surface area contributed by atoms with Crippen molar-refractivity contribution in [3.8, 4) is 5.75 Å². The monoisotopic (exact) mass is 520 g/mol. The van der Waals surface area contributed by atoms with Crippen LogP contribution in [0.1, 0.15) is 34.6 Å². The van der Waals surface area contributed by atoms with Gasteiger partial charge in [-0.25, -0.2) is 0 Å². The average molecular weight is 521 g/mol. The standard InChI is InChI=1S/C29H33ClN4O3/c1-3-15-31-28(35)23-20-22(32-29(36)27(30)21-9-5-4-6-10-21)13-14-24(23)33-16-18-34(19-17-33)25-11-7-8-12-26(25)37-2/h4-14,20,27H,3,15-19H2,1-2H3,(H,31,35)(H,32,36). The van der Waals surface area contributed by atoms with Gasteiger partial charge in [0, 0.05) is 44.1 Å². The minimum absolute atomic E-state index is 0.161. The van der Waals surface area contributed by atoms with Crippen LogP contribution in [0, 0.1) is 0 Å². The Morgan fingerprint density at radius 2 is 1.57 bits per heavy atom. The molecule has 0 radical (unpaired) electrons. The Hall–Kier alpha value is -3.71. The topological polar surface area (TPSA) is 73.9 Å². The second-order valence-corrected chi connectivity index (χ2v) is 9.33. The number of piperazine rings is 1. The van der Waals surface area contributed by atoms with Crippen LogP contribution in [-0.4, -0.2) is 51.6 Å². The van der Waals surface area contributed by atoms with Crippen LogP contribution in [0.25, 0.3) is 0 Å². The van der Waals surface area contributed by atoms with Crippen molar-refractivity contribution in [2.75, 3.05) is 55.0 Å². The highest BCUT2D eigenvalue weighted by atomic mass is 35.5. The van der Waals surface area contributed by atoms with Crippen LogP contribution in [0.15, 0.2) is 72.8 Å². The highest BCUT2D eigenvalue weighted by Crippen LogP contribution is 2.31. The second kappa shape index (κ2) is 12.5. The predicted molar refractivity (Wildman–Crippen MR) is 150 cm³/mol. The van der Waals surface area contributed by atoms with Crippen LogP contribution in [0.2, 0.25) is 0 Å². The number of nitrogens with zero attached hydrogens (tertiary/aromatic N) is 2. The van der Waals surface area contributed by atoms with Crippen LogP contribution >= 0.6 is 11.6 Å². The Kier molecular flexibility index (Phi) is 8.90. The zero-order valence-corrected chi connectivity index (χ0v) is 22.0. The van der Waals surface area contributed by atoms with Crippen molar-refractivity contribution in [1.29, 1.82) is 0 Å². The zero-order valence-electron chi connectivity index (χ0n) is 21.2. The predicted octanol–water partition coefficient (Wildman–Crippen LogP) is 5.08. The number of methoxy groups -OCH3 is 1. The van der Waals surface area contributed by atoms with E-state index in [0.717, 1.165) is 49.7 Å². The molecule has 3 aromatic carbocycles. The fraction of sp³-hybridized carbons (Fsp3) is 0.310. The summed E-state index contributed by atoms with van der Waals surface area (Å²) in [6.45, 7) is 5.66. The number of hydrogen-bond donors (Lipinski definition) is 2. The van der Waals surface area contributed by atoms with Crippen molar-refractivity contribution in [2.45, 2.75) is 18.7 Å². The molecule has 1 saturated heterocycles. The lowest BCUT2D eigenvalue weighted by molar-refractivity contribution is -0.116. The molecule has 0 bridgehead atoms. The molecular formula is C29H33ClN4O3. The van der Waals surface area contributed by atoms with E-state index in [-0.39, 0.29) is 11.8 Å². The Bertz CT molecular complexity index is 1210. The molecule has 1 aliphatic rings. The molecule has 7 nitrogen and oxygen atoms in total. The molecule has 3 aromatic rings. The number of para-hydroxylation sites is 2. The number of amides is 2. The highest BCUT2D eigenvalue weighted by molar-refractivity contribution is 6.32. The maximum absolute atomic E-state index is 13.1. The molecule has 1 fully saturated rings. The van der Waals surface area contributed by atoms with E-state index >= 15 is 0 Å². The number of benzene rings is 3. The molecule has 37 heavy (non-hydrogen) atoms. The van der Waals surface area contributed by atoms with Crippen LogP contribution in [0.5, 0.6) is 5.75 Å². The fourth-order valence-electron chi connectivity index (χ4n) is 4.46. The second-order valence-electron chi connectivity index (χ2n) is 8.90. The molecule has 4 rings (SSSR count). The summed E-state index contributed by atoms with van der Waals surface area (Å²) in [5.74, 6) is 0.348. The molecule has 0 aromatic heterocycles. The van der Waals surface area contributed by atoms with Gasteiger partial charge in [-0.2, -0.15) is 0 Å². The Balaban J connectivity index is 1.52. The zero-order chi connectivity index (χ0) is 26.2. The van der Waals surface area contributed by atoms with Crippen molar-refractivity contribution in [1.82, 2.24) is 5.32 Å². The van der Waals surface area contributed by atoms with E-state index in [1.165, 1.54) is 0 Å². The molecule has 0 aliphatic carbocycles. The third kappa shape index (κ3) is 6.35.